The van der Waals surface area contributed by atoms with Crippen molar-refractivity contribution in [2.45, 2.75) is 75.6 Å². The maximum Gasteiger partial charge on any atom is 0.101 e. The Morgan fingerprint density at radius 1 is 1.33 bits per heavy atom. The summed E-state index contributed by atoms with van der Waals surface area (Å²) in [5.74, 6) is 0. The summed E-state index contributed by atoms with van der Waals surface area (Å²) >= 11 is 1.91. The second-order valence-electron chi connectivity index (χ2n) is 7.01. The molecule has 0 bridgehead atoms. The van der Waals surface area contributed by atoms with Crippen molar-refractivity contribution >= 4 is 11.8 Å². The third kappa shape index (κ3) is 5.00. The van der Waals surface area contributed by atoms with Gasteiger partial charge in [-0.05, 0) is 38.4 Å². The van der Waals surface area contributed by atoms with E-state index in [-0.39, 0.29) is 4.75 Å². The fourth-order valence-electron chi connectivity index (χ4n) is 3.00. The van der Waals surface area contributed by atoms with E-state index >= 15 is 0 Å². The van der Waals surface area contributed by atoms with E-state index < -0.39 is 0 Å². The zero-order valence-electron chi connectivity index (χ0n) is 14.1. The van der Waals surface area contributed by atoms with Crippen LogP contribution in [-0.4, -0.2) is 27.7 Å². The predicted octanol–water partition coefficient (Wildman–Crippen LogP) is 5.30. The zero-order chi connectivity index (χ0) is 15.3. The number of unbranched alkanes of at least 4 members (excludes halogenated alkanes) is 1. The average molecular weight is 307 g/mol. The molecule has 0 unspecified atom stereocenters. The first-order valence-electron chi connectivity index (χ1n) is 8.39. The number of thioether (sulfide) groups is 1. The summed E-state index contributed by atoms with van der Waals surface area (Å²) in [5, 5.41) is 1.23. The summed E-state index contributed by atoms with van der Waals surface area (Å²) in [6, 6.07) is 4.98. The van der Waals surface area contributed by atoms with Gasteiger partial charge in [0.15, 0.2) is 0 Å². The number of rotatable bonds is 5. The van der Waals surface area contributed by atoms with Crippen molar-refractivity contribution in [3.63, 3.8) is 0 Å². The minimum atomic E-state index is 0.214. The highest BCUT2D eigenvalue weighted by Crippen LogP contribution is 2.39. The molecule has 1 atom stereocenters. The molecule has 21 heavy (non-hydrogen) atoms. The molecular weight excluding hydrogens is 276 g/mol. The smallest absolute Gasteiger partial charge is 0.101 e. The number of pyridine rings is 1. The highest BCUT2D eigenvalue weighted by molar-refractivity contribution is 8.00. The number of piperidine rings is 1. The van der Waals surface area contributed by atoms with Crippen LogP contribution in [-0.2, 0) is 0 Å². The van der Waals surface area contributed by atoms with Gasteiger partial charge in [0.25, 0.3) is 0 Å². The fraction of sp³-hybridized carbons (Fsp3) is 0.722. The van der Waals surface area contributed by atoms with Gasteiger partial charge < -0.3 is 0 Å². The molecule has 1 aliphatic heterocycles. The molecule has 0 amide bonds. The van der Waals surface area contributed by atoms with Crippen LogP contribution in [0.2, 0.25) is 0 Å². The molecule has 0 radical (unpaired) electrons. The van der Waals surface area contributed by atoms with E-state index in [0.717, 1.165) is 0 Å². The van der Waals surface area contributed by atoms with Crippen molar-refractivity contribution in [1.82, 2.24) is 9.88 Å². The Kier molecular flexibility index (Phi) is 6.12. The minimum absolute atomic E-state index is 0.214. The number of hydrogen-bond acceptors (Lipinski definition) is 3. The minimum Gasteiger partial charge on any atom is -0.296 e. The van der Waals surface area contributed by atoms with Gasteiger partial charge >= 0.3 is 0 Å². The molecule has 2 nitrogen and oxygen atoms in total. The van der Waals surface area contributed by atoms with Gasteiger partial charge in [0, 0.05) is 22.5 Å². The predicted molar refractivity (Wildman–Crippen MR) is 92.9 cm³/mol. The quantitative estimate of drug-likeness (QED) is 0.687. The molecule has 118 valence electrons. The van der Waals surface area contributed by atoms with Gasteiger partial charge in [0.05, 0.1) is 0 Å². The summed E-state index contributed by atoms with van der Waals surface area (Å²) in [6.45, 7) is 11.6. The van der Waals surface area contributed by atoms with E-state index in [4.69, 9.17) is 4.98 Å². The van der Waals surface area contributed by atoms with E-state index in [9.17, 15) is 0 Å². The van der Waals surface area contributed by atoms with Crippen molar-refractivity contribution in [3.05, 3.63) is 23.9 Å². The third-order valence-electron chi connectivity index (χ3n) is 3.97. The molecule has 0 aliphatic carbocycles. The maximum absolute atomic E-state index is 4.69. The molecule has 1 saturated heterocycles. The third-order valence-corrected chi connectivity index (χ3v) is 5.12. The van der Waals surface area contributed by atoms with Crippen molar-refractivity contribution in [1.29, 1.82) is 0 Å². The molecule has 2 heterocycles. The molecule has 1 aromatic rings. The highest BCUT2D eigenvalue weighted by atomic mass is 32.2. The monoisotopic (exact) mass is 306 g/mol. The Hall–Kier alpha value is -0.540. The highest BCUT2D eigenvalue weighted by Gasteiger charge is 2.27. The van der Waals surface area contributed by atoms with Crippen molar-refractivity contribution in [3.8, 4) is 0 Å². The van der Waals surface area contributed by atoms with Crippen LogP contribution in [0.25, 0.3) is 0 Å². The van der Waals surface area contributed by atoms with Crippen molar-refractivity contribution in [2.75, 3.05) is 13.1 Å². The molecule has 1 fully saturated rings. The van der Waals surface area contributed by atoms with Crippen LogP contribution in [0, 0.1) is 0 Å². The van der Waals surface area contributed by atoms with Gasteiger partial charge in [-0.1, -0.05) is 46.6 Å². The lowest BCUT2D eigenvalue weighted by atomic mass is 9.96. The van der Waals surface area contributed by atoms with Crippen LogP contribution in [0.3, 0.4) is 0 Å². The summed E-state index contributed by atoms with van der Waals surface area (Å²) < 4.78 is 0.214. The van der Waals surface area contributed by atoms with E-state index in [1.165, 1.54) is 55.8 Å². The first-order valence-corrected chi connectivity index (χ1v) is 9.21. The number of aromatic nitrogens is 1. The first kappa shape index (κ1) is 16.8. The lowest BCUT2D eigenvalue weighted by molar-refractivity contribution is 0.144. The van der Waals surface area contributed by atoms with Gasteiger partial charge in [-0.15, -0.1) is 11.8 Å². The van der Waals surface area contributed by atoms with Crippen LogP contribution in [0.1, 0.15) is 71.4 Å². The summed E-state index contributed by atoms with van der Waals surface area (Å²) in [6.07, 6.45) is 8.51. The average Bonchev–Trinajstić information content (AvgIpc) is 2.44. The normalized spacial score (nSPS) is 20.7. The summed E-state index contributed by atoms with van der Waals surface area (Å²) in [4.78, 5) is 7.38. The van der Waals surface area contributed by atoms with Crippen molar-refractivity contribution < 1.29 is 0 Å². The SMILES string of the molecule is CCCCN1CCCC[C@@H]1c1cccnc1SC(C)(C)C. The molecule has 3 heteroatoms. The van der Waals surface area contributed by atoms with E-state index in [1.807, 2.05) is 18.0 Å². The lowest BCUT2D eigenvalue weighted by Crippen LogP contribution is -2.34. The summed E-state index contributed by atoms with van der Waals surface area (Å²) in [5.41, 5.74) is 1.45. The van der Waals surface area contributed by atoms with Gasteiger partial charge in [-0.2, -0.15) is 0 Å². The molecule has 0 aromatic carbocycles. The molecular formula is C18H30N2S. The molecule has 1 aliphatic rings. The first-order chi connectivity index (χ1) is 10.0. The Morgan fingerprint density at radius 3 is 2.86 bits per heavy atom. The van der Waals surface area contributed by atoms with Gasteiger partial charge in [0.2, 0.25) is 0 Å². The fourth-order valence-corrected chi connectivity index (χ4v) is 4.02. The van der Waals surface area contributed by atoms with E-state index in [1.54, 1.807) is 0 Å². The van der Waals surface area contributed by atoms with Crippen LogP contribution in [0.5, 0.6) is 0 Å². The topological polar surface area (TPSA) is 16.1 Å². The second-order valence-corrected chi connectivity index (χ2v) is 8.83. The number of nitrogens with zero attached hydrogens (tertiary/aromatic N) is 2. The van der Waals surface area contributed by atoms with Crippen LogP contribution < -0.4 is 0 Å². The number of hydrogen-bond donors (Lipinski definition) is 0. The van der Waals surface area contributed by atoms with Crippen LogP contribution in [0.4, 0.5) is 0 Å². The molecule has 0 saturated carbocycles. The Bertz CT molecular complexity index is 439. The number of likely N-dealkylation sites (tertiary alicyclic amines) is 1. The van der Waals surface area contributed by atoms with Crippen molar-refractivity contribution in [2.24, 2.45) is 0 Å². The Labute approximate surface area is 134 Å². The summed E-state index contributed by atoms with van der Waals surface area (Å²) in [7, 11) is 0. The van der Waals surface area contributed by atoms with Crippen LogP contribution >= 0.6 is 11.8 Å². The molecule has 0 spiro atoms. The largest absolute Gasteiger partial charge is 0.296 e. The van der Waals surface area contributed by atoms with Gasteiger partial charge in [-0.25, -0.2) is 4.98 Å². The molecule has 0 N–H and O–H groups in total. The standard InChI is InChI=1S/C18H30N2S/c1-5-6-13-20-14-8-7-11-16(20)15-10-9-12-19-17(15)21-18(2,3)4/h9-10,12,16H,5-8,11,13-14H2,1-4H3/t16-/m1/s1. The van der Waals surface area contributed by atoms with E-state index in [2.05, 4.69) is 44.7 Å². The lowest BCUT2D eigenvalue weighted by Gasteiger charge is -2.37. The second kappa shape index (κ2) is 7.64. The van der Waals surface area contributed by atoms with Gasteiger partial charge in [-0.3, -0.25) is 4.90 Å². The van der Waals surface area contributed by atoms with Gasteiger partial charge in [0.1, 0.15) is 5.03 Å². The molecule has 2 rings (SSSR count). The molecule has 1 aromatic heterocycles. The Morgan fingerprint density at radius 2 is 2.14 bits per heavy atom. The van der Waals surface area contributed by atoms with E-state index in [0.29, 0.717) is 6.04 Å². The zero-order valence-corrected chi connectivity index (χ0v) is 14.9. The Balaban J connectivity index is 2.21. The maximum atomic E-state index is 4.69. The van der Waals surface area contributed by atoms with Crippen LogP contribution in [0.15, 0.2) is 23.4 Å².